The molecule has 0 bridgehead atoms. The van der Waals surface area contributed by atoms with Gasteiger partial charge in [-0.1, -0.05) is 47.0 Å². The Morgan fingerprint density at radius 3 is 1.67 bits per heavy atom. The van der Waals surface area contributed by atoms with Crippen LogP contribution in [0.1, 0.15) is 37.5 Å². The Morgan fingerprint density at radius 1 is 0.933 bits per heavy atom. The van der Waals surface area contributed by atoms with Gasteiger partial charge in [0.2, 0.25) is 0 Å². The van der Waals surface area contributed by atoms with Gasteiger partial charge in [-0.3, -0.25) is 0 Å². The molecule has 0 spiro atoms. The van der Waals surface area contributed by atoms with E-state index in [2.05, 4.69) is 53.7 Å². The zero-order chi connectivity index (χ0) is 10.9. The van der Waals surface area contributed by atoms with E-state index in [9.17, 15) is 0 Å². The van der Waals surface area contributed by atoms with Crippen molar-refractivity contribution in [2.24, 2.45) is 0 Å². The molecule has 1 rings (SSSR count). The number of halogens is 1. The largest absolute Gasteiger partial charge is 0.147 e. The predicted octanol–water partition coefficient (Wildman–Crippen LogP) is 4.14. The summed E-state index contributed by atoms with van der Waals surface area (Å²) in [6, 6.07) is 4.59. The second-order valence-corrected chi connectivity index (χ2v) is 7.40. The summed E-state index contributed by atoms with van der Waals surface area (Å²) in [7, 11) is 0.908. The number of hydrogen-bond donors (Lipinski definition) is 0. The summed E-state index contributed by atoms with van der Waals surface area (Å²) in [5.41, 5.74) is 4.29. The molecule has 0 fully saturated rings. The lowest BCUT2D eigenvalue weighted by atomic mass is 10.1. The van der Waals surface area contributed by atoms with Gasteiger partial charge in [0, 0.05) is 0 Å². The van der Waals surface area contributed by atoms with Crippen molar-refractivity contribution in [2.75, 3.05) is 0 Å². The van der Waals surface area contributed by atoms with E-state index in [1.54, 1.807) is 5.30 Å². The van der Waals surface area contributed by atoms with Crippen LogP contribution in [0, 0.1) is 20.8 Å². The highest BCUT2D eigenvalue weighted by molar-refractivity contribution is 7.49. The Balaban J connectivity index is 0.00000196. The minimum Gasteiger partial charge on any atom is -0.147 e. The van der Waals surface area contributed by atoms with E-state index in [1.807, 2.05) is 0 Å². The first-order valence-electron chi connectivity index (χ1n) is 5.15. The number of hydrogen-bond acceptors (Lipinski definition) is 0. The smallest absolute Gasteiger partial charge is 0.0166 e. The van der Waals surface area contributed by atoms with E-state index in [-0.39, 0.29) is 12.4 Å². The lowest BCUT2D eigenvalue weighted by Crippen LogP contribution is -2.16. The van der Waals surface area contributed by atoms with Crippen molar-refractivity contribution in [3.63, 3.8) is 0 Å². The number of aryl methyl sites for hydroxylation is 3. The van der Waals surface area contributed by atoms with E-state index >= 15 is 0 Å². The highest BCUT2D eigenvalue weighted by Crippen LogP contribution is 2.32. The molecule has 1 aromatic carbocycles. The molecule has 0 aliphatic rings. The summed E-state index contributed by atoms with van der Waals surface area (Å²) in [5, 5.41) is 1.97. The minimum absolute atomic E-state index is 0. The highest BCUT2D eigenvalue weighted by Gasteiger charge is 2.14. The Morgan fingerprint density at radius 2 is 1.33 bits per heavy atom. The van der Waals surface area contributed by atoms with Gasteiger partial charge in [-0.2, -0.15) is 0 Å². The topological polar surface area (TPSA) is 0 Å². The molecule has 0 radical (unpaired) electrons. The molecule has 0 amide bonds. The minimum atomic E-state index is 0. The fourth-order valence-electron chi connectivity index (χ4n) is 1.75. The third-order valence-corrected chi connectivity index (χ3v) is 3.97. The zero-order valence-corrected chi connectivity index (χ0v) is 12.4. The van der Waals surface area contributed by atoms with Gasteiger partial charge >= 0.3 is 0 Å². The quantitative estimate of drug-likeness (QED) is 0.652. The van der Waals surface area contributed by atoms with Crippen molar-refractivity contribution < 1.29 is 0 Å². The predicted molar refractivity (Wildman–Crippen MR) is 75.6 cm³/mol. The molecule has 0 nitrogen and oxygen atoms in total. The van der Waals surface area contributed by atoms with Crippen molar-refractivity contribution in [3.8, 4) is 0 Å². The maximum atomic E-state index is 2.31. The van der Waals surface area contributed by atoms with Gasteiger partial charge < -0.3 is 0 Å². The molecule has 0 aromatic heterocycles. The molecule has 0 saturated carbocycles. The average Bonchev–Trinajstić information content (AvgIpc) is 1.95. The van der Waals surface area contributed by atoms with Crippen molar-refractivity contribution >= 4 is 26.3 Å². The summed E-state index contributed by atoms with van der Waals surface area (Å²) in [6.07, 6.45) is 0. The molecule has 0 heterocycles. The van der Waals surface area contributed by atoms with E-state index < -0.39 is 0 Å². The second-order valence-electron chi connectivity index (χ2n) is 5.15. The normalized spacial score (nSPS) is 11.9. The van der Waals surface area contributed by atoms with Crippen LogP contribution in [-0.2, 0) is 0 Å². The monoisotopic (exact) mass is 244 g/mol. The second kappa shape index (κ2) is 5.32. The molecule has 1 unspecified atom stereocenters. The van der Waals surface area contributed by atoms with Crippen molar-refractivity contribution in [2.45, 2.75) is 46.7 Å². The molecule has 2 heteroatoms. The maximum absolute atomic E-state index is 2.31. The molecular weight excluding hydrogens is 223 g/mol. The molecule has 1 atom stereocenters. The van der Waals surface area contributed by atoms with Crippen LogP contribution in [-0.4, -0.2) is 5.16 Å². The molecule has 15 heavy (non-hydrogen) atoms. The average molecular weight is 245 g/mol. The fraction of sp³-hybridized carbons (Fsp3) is 0.538. The van der Waals surface area contributed by atoms with Gasteiger partial charge in [0.15, 0.2) is 0 Å². The first-order valence-corrected chi connectivity index (χ1v) is 6.15. The third-order valence-electron chi connectivity index (χ3n) is 2.18. The zero-order valence-electron chi connectivity index (χ0n) is 10.6. The van der Waals surface area contributed by atoms with Crippen LogP contribution in [0.2, 0.25) is 0 Å². The third kappa shape index (κ3) is 4.53. The molecule has 0 aliphatic heterocycles. The van der Waals surface area contributed by atoms with Crippen molar-refractivity contribution in [1.29, 1.82) is 0 Å². The summed E-state index contributed by atoms with van der Waals surface area (Å²) in [5.74, 6) is 0. The van der Waals surface area contributed by atoms with Crippen LogP contribution in [0.4, 0.5) is 0 Å². The van der Waals surface area contributed by atoms with Crippen LogP contribution in [0.25, 0.3) is 0 Å². The van der Waals surface area contributed by atoms with Gasteiger partial charge in [0.1, 0.15) is 0 Å². The van der Waals surface area contributed by atoms with Crippen LogP contribution in [0.3, 0.4) is 0 Å². The van der Waals surface area contributed by atoms with Crippen molar-refractivity contribution in [1.82, 2.24) is 0 Å². The molecular formula is C13H22ClP. The summed E-state index contributed by atoms with van der Waals surface area (Å²) < 4.78 is 0. The first kappa shape index (κ1) is 14.9. The van der Waals surface area contributed by atoms with Crippen LogP contribution in [0.5, 0.6) is 0 Å². The molecule has 0 aliphatic carbocycles. The van der Waals surface area contributed by atoms with Gasteiger partial charge in [-0.25, -0.2) is 0 Å². The van der Waals surface area contributed by atoms with E-state index in [4.69, 9.17) is 0 Å². The Hall–Kier alpha value is -0.0600. The number of rotatable bonds is 1. The van der Waals surface area contributed by atoms with Gasteiger partial charge in [-0.05, 0) is 42.4 Å². The van der Waals surface area contributed by atoms with E-state index in [0.29, 0.717) is 5.16 Å². The molecule has 0 N–H and O–H groups in total. The molecule has 86 valence electrons. The lowest BCUT2D eigenvalue weighted by molar-refractivity contribution is 0.799. The van der Waals surface area contributed by atoms with E-state index in [0.717, 1.165) is 8.58 Å². The SMILES string of the molecule is Cc1cc(C)c(PC(C)(C)C)c(C)c1.Cl. The van der Waals surface area contributed by atoms with Gasteiger partial charge in [-0.15, -0.1) is 12.4 Å². The summed E-state index contributed by atoms with van der Waals surface area (Å²) in [6.45, 7) is 13.6. The Bertz CT molecular complexity index is 314. The van der Waals surface area contributed by atoms with Gasteiger partial charge in [0.05, 0.1) is 0 Å². The van der Waals surface area contributed by atoms with Crippen LogP contribution in [0.15, 0.2) is 12.1 Å². The Labute approximate surface area is 102 Å². The fourth-order valence-corrected chi connectivity index (χ4v) is 3.04. The van der Waals surface area contributed by atoms with Crippen LogP contribution >= 0.6 is 21.0 Å². The van der Waals surface area contributed by atoms with E-state index in [1.165, 1.54) is 16.7 Å². The maximum Gasteiger partial charge on any atom is -0.0166 e. The molecule has 0 saturated heterocycles. The Kier molecular flexibility index (Phi) is 5.30. The summed E-state index contributed by atoms with van der Waals surface area (Å²) >= 11 is 0. The van der Waals surface area contributed by atoms with Crippen molar-refractivity contribution in [3.05, 3.63) is 28.8 Å². The first-order chi connectivity index (χ1) is 6.29. The standard InChI is InChI=1S/C13H21P.ClH/c1-9-7-10(2)12(11(3)8-9)14-13(4,5)6;/h7-8,14H,1-6H3;1H. The number of benzene rings is 1. The lowest BCUT2D eigenvalue weighted by Gasteiger charge is -2.22. The highest BCUT2D eigenvalue weighted by atomic mass is 35.5. The van der Waals surface area contributed by atoms with Gasteiger partial charge in [0.25, 0.3) is 0 Å². The summed E-state index contributed by atoms with van der Waals surface area (Å²) in [4.78, 5) is 0. The van der Waals surface area contributed by atoms with Crippen LogP contribution < -0.4 is 5.30 Å². The molecule has 1 aromatic rings.